The summed E-state index contributed by atoms with van der Waals surface area (Å²) in [7, 11) is 0. The number of aromatic amines is 1. The number of carboxylic acids is 1. The number of aliphatic hydroxyl groups excluding tert-OH is 1. The first kappa shape index (κ1) is 30.3. The zero-order valence-corrected chi connectivity index (χ0v) is 20.4. The van der Waals surface area contributed by atoms with E-state index in [0.29, 0.717) is 12.1 Å². The quantitative estimate of drug-likeness (QED) is 0.0613. The van der Waals surface area contributed by atoms with E-state index in [1.807, 2.05) is 6.92 Å². The van der Waals surface area contributed by atoms with Crippen LogP contribution >= 0.6 is 0 Å². The molecule has 5 atom stereocenters. The number of imidazole rings is 1. The zero-order chi connectivity index (χ0) is 27.3. The number of H-pyrrole nitrogens is 1. The number of aliphatic carboxylic acids is 1. The first-order valence-electron chi connectivity index (χ1n) is 11.5. The van der Waals surface area contributed by atoms with E-state index in [1.54, 1.807) is 6.92 Å². The van der Waals surface area contributed by atoms with Gasteiger partial charge in [-0.05, 0) is 18.8 Å². The van der Waals surface area contributed by atoms with E-state index >= 15 is 0 Å². The molecular formula is C21H37N9O6. The Balaban J connectivity index is 2.80. The number of carbonyl (C=O) groups excluding carboxylic acids is 3. The lowest BCUT2D eigenvalue weighted by Gasteiger charge is -2.27. The van der Waals surface area contributed by atoms with Crippen molar-refractivity contribution in [2.45, 2.75) is 63.7 Å². The van der Waals surface area contributed by atoms with E-state index in [9.17, 15) is 29.4 Å². The van der Waals surface area contributed by atoms with Crippen LogP contribution in [-0.2, 0) is 25.6 Å². The van der Waals surface area contributed by atoms with Gasteiger partial charge < -0.3 is 48.3 Å². The molecule has 0 fully saturated rings. The average molecular weight is 512 g/mol. The molecule has 0 aromatic carbocycles. The highest BCUT2D eigenvalue weighted by atomic mass is 16.4. The maximum atomic E-state index is 13.0. The molecule has 1 rings (SSSR count). The van der Waals surface area contributed by atoms with Gasteiger partial charge >= 0.3 is 5.97 Å². The third-order valence-corrected chi connectivity index (χ3v) is 5.50. The number of nitrogens with two attached hydrogens (primary N) is 3. The van der Waals surface area contributed by atoms with Crippen LogP contribution in [0.15, 0.2) is 17.5 Å². The molecule has 0 aliphatic heterocycles. The highest BCUT2D eigenvalue weighted by Gasteiger charge is 2.32. The summed E-state index contributed by atoms with van der Waals surface area (Å²) in [6.45, 7) is 2.92. The minimum atomic E-state index is -1.45. The van der Waals surface area contributed by atoms with Crippen molar-refractivity contribution in [1.82, 2.24) is 25.9 Å². The topological polar surface area (TPSA) is 264 Å². The van der Waals surface area contributed by atoms with E-state index in [4.69, 9.17) is 17.2 Å². The van der Waals surface area contributed by atoms with Gasteiger partial charge in [-0.2, -0.15) is 0 Å². The number of hydrogen-bond acceptors (Lipinski definition) is 8. The summed E-state index contributed by atoms with van der Waals surface area (Å²) in [5, 5.41) is 26.3. The molecule has 0 bridgehead atoms. The molecule has 36 heavy (non-hydrogen) atoms. The van der Waals surface area contributed by atoms with Crippen molar-refractivity contribution in [3.63, 3.8) is 0 Å². The predicted molar refractivity (Wildman–Crippen MR) is 130 cm³/mol. The standard InChI is InChI=1S/C21H37N9O6/c1-3-11(2)16(30-17(32)13(22)7-12-8-25-10-27-12)19(34)29-15(9-31)18(33)28-14(20(35)36)5-4-6-26-21(23)24/h8,10-11,13-16,31H,3-7,9,22H2,1-2H3,(H,25,27)(H,28,33)(H,29,34)(H,30,32)(H,35,36)(H4,23,24,26). The van der Waals surface area contributed by atoms with E-state index in [-0.39, 0.29) is 37.7 Å². The number of hydrogen-bond donors (Lipinski definition) is 9. The van der Waals surface area contributed by atoms with Crippen LogP contribution in [0.5, 0.6) is 0 Å². The predicted octanol–water partition coefficient (Wildman–Crippen LogP) is -3.09. The molecule has 3 amide bonds. The fraction of sp³-hybridized carbons (Fsp3) is 0.619. The molecule has 0 saturated carbocycles. The number of amides is 3. The smallest absolute Gasteiger partial charge is 0.326 e. The number of carboxylic acid groups (broad SMARTS) is 1. The van der Waals surface area contributed by atoms with Crippen molar-refractivity contribution < 1.29 is 29.4 Å². The lowest BCUT2D eigenvalue weighted by atomic mass is 9.97. The molecule has 1 heterocycles. The van der Waals surface area contributed by atoms with E-state index < -0.39 is 54.5 Å². The summed E-state index contributed by atoms with van der Waals surface area (Å²) in [4.78, 5) is 60.1. The largest absolute Gasteiger partial charge is 0.480 e. The molecule has 1 aromatic heterocycles. The fourth-order valence-electron chi connectivity index (χ4n) is 3.18. The maximum absolute atomic E-state index is 13.0. The molecule has 5 unspecified atom stereocenters. The Hall–Kier alpha value is -3.72. The monoisotopic (exact) mass is 511 g/mol. The van der Waals surface area contributed by atoms with Gasteiger partial charge in [0.05, 0.1) is 19.0 Å². The van der Waals surface area contributed by atoms with Crippen LogP contribution in [0.4, 0.5) is 0 Å². The Morgan fingerprint density at radius 3 is 2.31 bits per heavy atom. The van der Waals surface area contributed by atoms with Gasteiger partial charge in [-0.1, -0.05) is 20.3 Å². The van der Waals surface area contributed by atoms with E-state index in [0.717, 1.165) is 0 Å². The number of rotatable bonds is 16. The minimum Gasteiger partial charge on any atom is -0.480 e. The van der Waals surface area contributed by atoms with Crippen molar-refractivity contribution in [3.05, 3.63) is 18.2 Å². The molecule has 0 saturated heterocycles. The van der Waals surface area contributed by atoms with E-state index in [1.165, 1.54) is 12.5 Å². The van der Waals surface area contributed by atoms with Gasteiger partial charge in [0.1, 0.15) is 18.1 Å². The summed E-state index contributed by atoms with van der Waals surface area (Å²) in [6, 6.07) is -4.74. The lowest BCUT2D eigenvalue weighted by molar-refractivity contribution is -0.142. The average Bonchev–Trinajstić information content (AvgIpc) is 3.34. The summed E-state index contributed by atoms with van der Waals surface area (Å²) in [5.74, 6) is -3.98. The molecule has 1 aromatic rings. The Bertz CT molecular complexity index is 888. The van der Waals surface area contributed by atoms with Crippen LogP contribution in [0.1, 0.15) is 38.8 Å². The lowest BCUT2D eigenvalue weighted by Crippen LogP contribution is -2.59. The molecule has 15 heteroatoms. The number of aliphatic imine (C=N–C) groups is 1. The molecule has 0 aliphatic rings. The van der Waals surface area contributed by atoms with Crippen LogP contribution in [-0.4, -0.2) is 87.2 Å². The summed E-state index contributed by atoms with van der Waals surface area (Å²) < 4.78 is 0. The number of carbonyl (C=O) groups is 4. The first-order valence-corrected chi connectivity index (χ1v) is 11.5. The van der Waals surface area contributed by atoms with Crippen LogP contribution in [0.2, 0.25) is 0 Å². The van der Waals surface area contributed by atoms with Gasteiger partial charge in [0, 0.05) is 24.9 Å². The summed E-state index contributed by atoms with van der Waals surface area (Å²) in [6.07, 6.45) is 3.95. The maximum Gasteiger partial charge on any atom is 0.326 e. The van der Waals surface area contributed by atoms with Crippen molar-refractivity contribution in [3.8, 4) is 0 Å². The van der Waals surface area contributed by atoms with Crippen LogP contribution < -0.4 is 33.2 Å². The second-order valence-electron chi connectivity index (χ2n) is 8.35. The molecule has 0 aliphatic carbocycles. The molecule has 0 spiro atoms. The Morgan fingerprint density at radius 2 is 1.78 bits per heavy atom. The van der Waals surface area contributed by atoms with Gasteiger partial charge in [0.2, 0.25) is 17.7 Å². The molecule has 202 valence electrons. The minimum absolute atomic E-state index is 0.0176. The summed E-state index contributed by atoms with van der Waals surface area (Å²) >= 11 is 0. The number of guanidine groups is 1. The molecule has 15 nitrogen and oxygen atoms in total. The van der Waals surface area contributed by atoms with Gasteiger partial charge in [-0.3, -0.25) is 19.4 Å². The van der Waals surface area contributed by atoms with Gasteiger partial charge in [-0.15, -0.1) is 0 Å². The SMILES string of the molecule is CCC(C)C(NC(=O)C(N)Cc1cnc[nH]1)C(=O)NC(CO)C(=O)NC(CCCN=C(N)N)C(=O)O. The van der Waals surface area contributed by atoms with Crippen molar-refractivity contribution in [2.24, 2.45) is 28.1 Å². The second kappa shape index (κ2) is 15.3. The number of nitrogens with one attached hydrogen (secondary N) is 4. The van der Waals surface area contributed by atoms with Crippen LogP contribution in [0.25, 0.3) is 0 Å². The van der Waals surface area contributed by atoms with Crippen molar-refractivity contribution in [2.75, 3.05) is 13.2 Å². The third-order valence-electron chi connectivity index (χ3n) is 5.50. The zero-order valence-electron chi connectivity index (χ0n) is 20.4. The fourth-order valence-corrected chi connectivity index (χ4v) is 3.18. The normalized spacial score (nSPS) is 15.0. The van der Waals surface area contributed by atoms with Crippen LogP contribution in [0.3, 0.4) is 0 Å². The first-order chi connectivity index (χ1) is 17.0. The Morgan fingerprint density at radius 1 is 1.11 bits per heavy atom. The second-order valence-corrected chi connectivity index (χ2v) is 8.35. The number of nitrogens with zero attached hydrogens (tertiary/aromatic N) is 2. The van der Waals surface area contributed by atoms with Crippen molar-refractivity contribution >= 4 is 29.7 Å². The van der Waals surface area contributed by atoms with Crippen LogP contribution in [0, 0.1) is 5.92 Å². The third kappa shape index (κ3) is 10.3. The Kier molecular flexibility index (Phi) is 12.9. The van der Waals surface area contributed by atoms with Gasteiger partial charge in [0.25, 0.3) is 0 Å². The number of aromatic nitrogens is 2. The van der Waals surface area contributed by atoms with Crippen molar-refractivity contribution in [1.29, 1.82) is 0 Å². The Labute approximate surface area is 208 Å². The summed E-state index contributed by atoms with van der Waals surface area (Å²) in [5.41, 5.74) is 17.0. The highest BCUT2D eigenvalue weighted by molar-refractivity contribution is 5.94. The van der Waals surface area contributed by atoms with E-state index in [2.05, 4.69) is 30.9 Å². The van der Waals surface area contributed by atoms with Gasteiger partial charge in [0.15, 0.2) is 5.96 Å². The number of aliphatic hydroxyl groups is 1. The van der Waals surface area contributed by atoms with Gasteiger partial charge in [-0.25, -0.2) is 9.78 Å². The molecule has 0 radical (unpaired) electrons. The highest BCUT2D eigenvalue weighted by Crippen LogP contribution is 2.10. The molecular weight excluding hydrogens is 474 g/mol. The molecule has 12 N–H and O–H groups in total.